The second kappa shape index (κ2) is 2.96. The first-order chi connectivity index (χ1) is 3.18. The zero-order chi connectivity index (χ0) is 5.86. The molecule has 0 bridgehead atoms. The Balaban J connectivity index is 3.14. The van der Waals surface area contributed by atoms with Crippen LogP contribution in [0.25, 0.3) is 0 Å². The first-order valence-corrected chi connectivity index (χ1v) is 2.26. The molecule has 3 heteroatoms. The quantitative estimate of drug-likeness (QED) is 0.424. The molecule has 0 aliphatic heterocycles. The van der Waals surface area contributed by atoms with Gasteiger partial charge >= 0.3 is 0 Å². The lowest BCUT2D eigenvalue weighted by atomic mass is 10.2. The van der Waals surface area contributed by atoms with Crippen molar-refractivity contribution >= 4 is 0 Å². The van der Waals surface area contributed by atoms with E-state index in [9.17, 15) is 0 Å². The number of hydrogen-bond donors (Lipinski definition) is 3. The van der Waals surface area contributed by atoms with E-state index in [1.165, 1.54) is 0 Å². The molecule has 7 heavy (non-hydrogen) atoms. The summed E-state index contributed by atoms with van der Waals surface area (Å²) in [6.45, 7) is 3.29. The van der Waals surface area contributed by atoms with Crippen LogP contribution in [-0.2, 0) is 0 Å². The molecule has 3 nitrogen and oxygen atoms in total. The van der Waals surface area contributed by atoms with Gasteiger partial charge in [-0.15, -0.1) is 0 Å². The first-order valence-electron chi connectivity index (χ1n) is 2.26. The number of aliphatic hydroxyl groups excluding tert-OH is 1. The van der Waals surface area contributed by atoms with Gasteiger partial charge in [0.05, 0.1) is 12.1 Å². The van der Waals surface area contributed by atoms with Gasteiger partial charge in [0.2, 0.25) is 0 Å². The van der Waals surface area contributed by atoms with Crippen LogP contribution >= 0.6 is 0 Å². The lowest BCUT2D eigenvalue weighted by Crippen LogP contribution is -2.32. The van der Waals surface area contributed by atoms with E-state index in [0.29, 0.717) is 0 Å². The normalized spacial score (nSPS) is 18.9. The predicted octanol–water partition coefficient (Wildman–Crippen LogP) is -0.266. The molecule has 0 aromatic rings. The zero-order valence-electron chi connectivity index (χ0n) is 4.55. The lowest BCUT2D eigenvalue weighted by Gasteiger charge is -2.10. The van der Waals surface area contributed by atoms with E-state index in [2.05, 4.69) is 0 Å². The maximum Gasteiger partial charge on any atom is 0.0685 e. The average Bonchev–Trinajstić information content (AvgIpc) is 1.65. The number of rotatable bonds is 2. The van der Waals surface area contributed by atoms with Gasteiger partial charge in [0.15, 0.2) is 0 Å². The fourth-order valence-corrected chi connectivity index (χ4v) is 0.108. The van der Waals surface area contributed by atoms with Crippen LogP contribution in [-0.4, -0.2) is 22.5 Å². The molecule has 0 aromatic heterocycles. The highest BCUT2D eigenvalue weighted by Gasteiger charge is 2.03. The summed E-state index contributed by atoms with van der Waals surface area (Å²) >= 11 is 0. The Morgan fingerprint density at radius 3 is 1.86 bits per heavy atom. The number of hydroxylamine groups is 1. The van der Waals surface area contributed by atoms with Crippen LogP contribution in [0, 0.1) is 0 Å². The maximum absolute atomic E-state index is 8.60. The van der Waals surface area contributed by atoms with Crippen molar-refractivity contribution < 1.29 is 10.3 Å². The van der Waals surface area contributed by atoms with Crippen molar-refractivity contribution in [1.82, 2.24) is 5.48 Å². The SMILES string of the molecule is C[C@H](O)[C@H](C)NO. The van der Waals surface area contributed by atoms with Gasteiger partial charge in [0, 0.05) is 0 Å². The average molecular weight is 105 g/mol. The summed E-state index contributed by atoms with van der Waals surface area (Å²) in [5.74, 6) is 0. The molecule has 0 unspecified atom stereocenters. The van der Waals surface area contributed by atoms with E-state index in [-0.39, 0.29) is 6.04 Å². The van der Waals surface area contributed by atoms with Gasteiger partial charge in [0.1, 0.15) is 0 Å². The van der Waals surface area contributed by atoms with Crippen LogP contribution in [0.4, 0.5) is 0 Å². The molecule has 0 heterocycles. The summed E-state index contributed by atoms with van der Waals surface area (Å²) in [7, 11) is 0. The second-order valence-corrected chi connectivity index (χ2v) is 1.66. The molecule has 2 atom stereocenters. The van der Waals surface area contributed by atoms with Crippen LogP contribution in [0.1, 0.15) is 13.8 Å². The highest BCUT2D eigenvalue weighted by atomic mass is 16.5. The molecule has 0 radical (unpaired) electrons. The third-order valence-electron chi connectivity index (χ3n) is 0.927. The molecule has 0 aliphatic rings. The Kier molecular flexibility index (Phi) is 2.91. The molecule has 0 aliphatic carbocycles. The Hall–Kier alpha value is -0.120. The van der Waals surface area contributed by atoms with Crippen molar-refractivity contribution in [2.24, 2.45) is 0 Å². The number of hydrogen-bond acceptors (Lipinski definition) is 3. The third-order valence-corrected chi connectivity index (χ3v) is 0.927. The minimum Gasteiger partial charge on any atom is -0.392 e. The standard InChI is InChI=1S/C4H11NO2/c1-3(5-7)4(2)6/h3-7H,1-2H3/t3-,4-/m0/s1. The van der Waals surface area contributed by atoms with E-state index >= 15 is 0 Å². The maximum atomic E-state index is 8.60. The molecule has 44 valence electrons. The van der Waals surface area contributed by atoms with Crippen LogP contribution in [0.2, 0.25) is 0 Å². The summed E-state index contributed by atoms with van der Waals surface area (Å²) in [6.07, 6.45) is -0.495. The van der Waals surface area contributed by atoms with Gasteiger partial charge in [0.25, 0.3) is 0 Å². The molecular formula is C4H11NO2. The van der Waals surface area contributed by atoms with Crippen molar-refractivity contribution in [2.75, 3.05) is 0 Å². The minimum absolute atomic E-state index is 0.236. The Morgan fingerprint density at radius 1 is 1.43 bits per heavy atom. The molecule has 0 amide bonds. The smallest absolute Gasteiger partial charge is 0.0685 e. The van der Waals surface area contributed by atoms with Gasteiger partial charge in [-0.25, -0.2) is 5.48 Å². The van der Waals surface area contributed by atoms with Gasteiger partial charge in [-0.2, -0.15) is 0 Å². The van der Waals surface area contributed by atoms with Crippen LogP contribution < -0.4 is 5.48 Å². The van der Waals surface area contributed by atoms with Crippen molar-refractivity contribution in [3.05, 3.63) is 0 Å². The number of aliphatic hydroxyl groups is 1. The van der Waals surface area contributed by atoms with Crippen LogP contribution in [0.5, 0.6) is 0 Å². The van der Waals surface area contributed by atoms with E-state index in [1.807, 2.05) is 5.48 Å². The third kappa shape index (κ3) is 2.56. The Bertz CT molecular complexity index is 47.0. The summed E-state index contributed by atoms with van der Waals surface area (Å²) in [6, 6.07) is -0.236. The van der Waals surface area contributed by atoms with E-state index < -0.39 is 6.10 Å². The van der Waals surface area contributed by atoms with Crippen molar-refractivity contribution in [2.45, 2.75) is 26.0 Å². The van der Waals surface area contributed by atoms with Gasteiger partial charge in [-0.3, -0.25) is 0 Å². The molecule has 0 saturated carbocycles. The van der Waals surface area contributed by atoms with Gasteiger partial charge in [-0.05, 0) is 13.8 Å². The fourth-order valence-electron chi connectivity index (χ4n) is 0.108. The highest BCUT2D eigenvalue weighted by Crippen LogP contribution is 1.86. The van der Waals surface area contributed by atoms with Crippen molar-refractivity contribution in [3.63, 3.8) is 0 Å². The van der Waals surface area contributed by atoms with E-state index in [1.54, 1.807) is 13.8 Å². The molecule has 0 spiro atoms. The Morgan fingerprint density at radius 2 is 1.86 bits per heavy atom. The molecular weight excluding hydrogens is 94.0 g/mol. The molecule has 0 saturated heterocycles. The molecule has 0 fully saturated rings. The summed E-state index contributed by atoms with van der Waals surface area (Å²) in [5, 5.41) is 16.7. The zero-order valence-corrected chi connectivity index (χ0v) is 4.55. The second-order valence-electron chi connectivity index (χ2n) is 1.66. The number of nitrogens with one attached hydrogen (secondary N) is 1. The molecule has 0 aromatic carbocycles. The molecule has 3 N–H and O–H groups in total. The largest absolute Gasteiger partial charge is 0.392 e. The van der Waals surface area contributed by atoms with Gasteiger partial charge in [-0.1, -0.05) is 0 Å². The summed E-state index contributed by atoms with van der Waals surface area (Å²) < 4.78 is 0. The van der Waals surface area contributed by atoms with Crippen molar-refractivity contribution in [3.8, 4) is 0 Å². The fraction of sp³-hybridized carbons (Fsp3) is 1.00. The minimum atomic E-state index is -0.495. The predicted molar refractivity (Wildman–Crippen MR) is 26.1 cm³/mol. The van der Waals surface area contributed by atoms with Gasteiger partial charge < -0.3 is 10.3 Å². The highest BCUT2D eigenvalue weighted by molar-refractivity contribution is 4.59. The Labute approximate surface area is 42.9 Å². The van der Waals surface area contributed by atoms with Crippen LogP contribution in [0.15, 0.2) is 0 Å². The first kappa shape index (κ1) is 6.88. The summed E-state index contributed by atoms with van der Waals surface area (Å²) in [5.41, 5.74) is 1.91. The van der Waals surface area contributed by atoms with Crippen molar-refractivity contribution in [1.29, 1.82) is 0 Å². The topological polar surface area (TPSA) is 52.5 Å². The lowest BCUT2D eigenvalue weighted by molar-refractivity contribution is 0.0571. The van der Waals surface area contributed by atoms with E-state index in [0.717, 1.165) is 0 Å². The summed E-state index contributed by atoms with van der Waals surface area (Å²) in [4.78, 5) is 0. The monoisotopic (exact) mass is 105 g/mol. The van der Waals surface area contributed by atoms with Crippen LogP contribution in [0.3, 0.4) is 0 Å². The molecule has 0 rings (SSSR count). The van der Waals surface area contributed by atoms with E-state index in [4.69, 9.17) is 10.3 Å².